The minimum atomic E-state index is -0.515. The van der Waals surface area contributed by atoms with Crippen LogP contribution in [0.25, 0.3) is 10.2 Å². The number of carbonyl (C=O) groups excluding carboxylic acids is 2. The lowest BCUT2D eigenvalue weighted by molar-refractivity contribution is 0.0479. The second kappa shape index (κ2) is 6.45. The summed E-state index contributed by atoms with van der Waals surface area (Å²) in [4.78, 5) is 25.8. The highest BCUT2D eigenvalue weighted by atomic mass is 32.1. The standard InChI is InChI=1S/C17H16N2O4S/c1-10-12-8-15(24-16(12)19(2)18-10)17(21)23-9-13(20)11-6-4-5-7-14(11)22-3/h4-8H,9H2,1-3H3. The number of methoxy groups -OCH3 is 1. The smallest absolute Gasteiger partial charge is 0.348 e. The van der Waals surface area contributed by atoms with Crippen LogP contribution in [0.15, 0.2) is 30.3 Å². The second-order valence-electron chi connectivity index (χ2n) is 5.24. The van der Waals surface area contributed by atoms with Crippen molar-refractivity contribution in [1.29, 1.82) is 0 Å². The monoisotopic (exact) mass is 344 g/mol. The maximum Gasteiger partial charge on any atom is 0.348 e. The molecule has 3 aromatic rings. The van der Waals surface area contributed by atoms with Gasteiger partial charge >= 0.3 is 5.97 Å². The van der Waals surface area contributed by atoms with Crippen LogP contribution in [-0.4, -0.2) is 35.2 Å². The summed E-state index contributed by atoms with van der Waals surface area (Å²) < 4.78 is 12.0. The number of Topliss-reactive ketones (excluding diaryl/α,β-unsaturated/α-hetero) is 1. The number of fused-ring (bicyclic) bond motifs is 1. The number of ether oxygens (including phenoxy) is 2. The number of para-hydroxylation sites is 1. The number of rotatable bonds is 5. The fourth-order valence-electron chi connectivity index (χ4n) is 2.46. The molecule has 7 heteroatoms. The maximum atomic E-state index is 12.2. The van der Waals surface area contributed by atoms with E-state index in [1.54, 1.807) is 35.0 Å². The molecular formula is C17H16N2O4S. The van der Waals surface area contributed by atoms with E-state index in [2.05, 4.69) is 5.10 Å². The van der Waals surface area contributed by atoms with Crippen LogP contribution >= 0.6 is 11.3 Å². The summed E-state index contributed by atoms with van der Waals surface area (Å²) in [5, 5.41) is 5.21. The molecule has 1 aromatic carbocycles. The molecule has 3 rings (SSSR count). The summed E-state index contributed by atoms with van der Waals surface area (Å²) in [5.74, 6) is -0.360. The number of esters is 1. The molecule has 0 bridgehead atoms. The SMILES string of the molecule is COc1ccccc1C(=O)COC(=O)c1cc2c(C)nn(C)c2s1. The summed E-state index contributed by atoms with van der Waals surface area (Å²) in [6.45, 7) is 1.56. The Morgan fingerprint density at radius 1 is 1.29 bits per heavy atom. The molecule has 0 fully saturated rings. The van der Waals surface area contributed by atoms with Crippen LogP contribution in [0.5, 0.6) is 5.75 Å². The molecule has 124 valence electrons. The van der Waals surface area contributed by atoms with E-state index >= 15 is 0 Å². The van der Waals surface area contributed by atoms with Gasteiger partial charge < -0.3 is 9.47 Å². The molecule has 2 heterocycles. The van der Waals surface area contributed by atoms with Gasteiger partial charge in [0, 0.05) is 12.4 Å². The quantitative estimate of drug-likeness (QED) is 0.526. The van der Waals surface area contributed by atoms with Gasteiger partial charge in [-0.05, 0) is 25.1 Å². The first-order chi connectivity index (χ1) is 11.5. The van der Waals surface area contributed by atoms with Crippen molar-refractivity contribution in [2.45, 2.75) is 6.92 Å². The molecule has 0 spiro atoms. The third-order valence-electron chi connectivity index (χ3n) is 3.64. The van der Waals surface area contributed by atoms with Gasteiger partial charge in [0.2, 0.25) is 5.78 Å². The van der Waals surface area contributed by atoms with E-state index in [4.69, 9.17) is 9.47 Å². The largest absolute Gasteiger partial charge is 0.496 e. The third kappa shape index (κ3) is 2.90. The average Bonchev–Trinajstić information content (AvgIpc) is 3.14. The fourth-order valence-corrected chi connectivity index (χ4v) is 3.48. The number of thiophene rings is 1. The number of aromatic nitrogens is 2. The van der Waals surface area contributed by atoms with E-state index in [1.807, 2.05) is 14.0 Å². The van der Waals surface area contributed by atoms with E-state index in [1.165, 1.54) is 18.4 Å². The minimum Gasteiger partial charge on any atom is -0.496 e. The molecule has 0 aliphatic carbocycles. The highest BCUT2D eigenvalue weighted by Crippen LogP contribution is 2.28. The van der Waals surface area contributed by atoms with Gasteiger partial charge in [-0.15, -0.1) is 11.3 Å². The minimum absolute atomic E-state index is 0.306. The van der Waals surface area contributed by atoms with Crippen molar-refractivity contribution >= 4 is 33.3 Å². The van der Waals surface area contributed by atoms with Gasteiger partial charge in [-0.25, -0.2) is 4.79 Å². The molecule has 0 radical (unpaired) electrons. The van der Waals surface area contributed by atoms with Crippen LogP contribution in [0.4, 0.5) is 0 Å². The Kier molecular flexibility index (Phi) is 4.35. The Balaban J connectivity index is 1.72. The van der Waals surface area contributed by atoms with Gasteiger partial charge in [-0.3, -0.25) is 9.48 Å². The van der Waals surface area contributed by atoms with E-state index in [9.17, 15) is 9.59 Å². The lowest BCUT2D eigenvalue weighted by Gasteiger charge is -2.07. The fraction of sp³-hybridized carbons (Fsp3) is 0.235. The lowest BCUT2D eigenvalue weighted by atomic mass is 10.1. The van der Waals surface area contributed by atoms with E-state index < -0.39 is 5.97 Å². The van der Waals surface area contributed by atoms with Gasteiger partial charge in [-0.2, -0.15) is 5.10 Å². The van der Waals surface area contributed by atoms with Crippen LogP contribution in [0, 0.1) is 6.92 Å². The van der Waals surface area contributed by atoms with E-state index in [0.29, 0.717) is 16.2 Å². The van der Waals surface area contributed by atoms with Gasteiger partial charge in [0.15, 0.2) is 6.61 Å². The zero-order valence-corrected chi connectivity index (χ0v) is 14.3. The molecule has 2 aromatic heterocycles. The van der Waals surface area contributed by atoms with Gasteiger partial charge in [0.25, 0.3) is 0 Å². The van der Waals surface area contributed by atoms with Crippen molar-refractivity contribution in [2.24, 2.45) is 7.05 Å². The molecule has 0 unspecified atom stereocenters. The Morgan fingerprint density at radius 3 is 2.75 bits per heavy atom. The highest BCUT2D eigenvalue weighted by Gasteiger charge is 2.18. The number of hydrogen-bond donors (Lipinski definition) is 0. The zero-order valence-electron chi connectivity index (χ0n) is 13.5. The maximum absolute atomic E-state index is 12.2. The zero-order chi connectivity index (χ0) is 17.3. The molecule has 0 N–H and O–H groups in total. The normalized spacial score (nSPS) is 10.8. The van der Waals surface area contributed by atoms with E-state index in [-0.39, 0.29) is 12.4 Å². The topological polar surface area (TPSA) is 70.4 Å². The Labute approximate surface area is 142 Å². The summed E-state index contributed by atoms with van der Waals surface area (Å²) in [7, 11) is 3.32. The van der Waals surface area contributed by atoms with Gasteiger partial charge in [-0.1, -0.05) is 12.1 Å². The summed E-state index contributed by atoms with van der Waals surface area (Å²) >= 11 is 1.30. The van der Waals surface area contributed by atoms with Crippen molar-refractivity contribution in [3.63, 3.8) is 0 Å². The van der Waals surface area contributed by atoms with Crippen LogP contribution < -0.4 is 4.74 Å². The molecule has 0 amide bonds. The lowest BCUT2D eigenvalue weighted by Crippen LogP contribution is -2.14. The first kappa shape index (κ1) is 16.2. The number of ketones is 1. The molecule has 0 aliphatic heterocycles. The molecule has 0 saturated carbocycles. The predicted molar refractivity (Wildman–Crippen MR) is 90.9 cm³/mol. The van der Waals surface area contributed by atoms with Crippen LogP contribution in [-0.2, 0) is 11.8 Å². The Hall–Kier alpha value is -2.67. The highest BCUT2D eigenvalue weighted by molar-refractivity contribution is 7.20. The van der Waals surface area contributed by atoms with Crippen molar-refractivity contribution in [1.82, 2.24) is 9.78 Å². The summed E-state index contributed by atoms with van der Waals surface area (Å²) in [5.41, 5.74) is 1.25. The summed E-state index contributed by atoms with van der Waals surface area (Å²) in [6, 6.07) is 8.59. The van der Waals surface area contributed by atoms with Crippen molar-refractivity contribution in [3.8, 4) is 5.75 Å². The van der Waals surface area contributed by atoms with Gasteiger partial charge in [0.05, 0.1) is 18.4 Å². The average molecular weight is 344 g/mol. The molecule has 0 aliphatic rings. The molecule has 0 atom stereocenters. The first-order valence-corrected chi connectivity index (χ1v) is 8.09. The van der Waals surface area contributed by atoms with Crippen molar-refractivity contribution in [2.75, 3.05) is 13.7 Å². The van der Waals surface area contributed by atoms with Crippen molar-refractivity contribution in [3.05, 3.63) is 46.5 Å². The number of carbonyl (C=O) groups is 2. The molecule has 24 heavy (non-hydrogen) atoms. The number of nitrogens with zero attached hydrogens (tertiary/aromatic N) is 2. The molecule has 6 nitrogen and oxygen atoms in total. The van der Waals surface area contributed by atoms with Gasteiger partial charge in [0.1, 0.15) is 15.5 Å². The van der Waals surface area contributed by atoms with Crippen LogP contribution in [0.3, 0.4) is 0 Å². The Morgan fingerprint density at radius 2 is 2.04 bits per heavy atom. The number of hydrogen-bond acceptors (Lipinski definition) is 6. The predicted octanol–water partition coefficient (Wildman–Crippen LogP) is 2.99. The second-order valence-corrected chi connectivity index (χ2v) is 6.27. The van der Waals surface area contributed by atoms with Crippen molar-refractivity contribution < 1.29 is 19.1 Å². The van der Waals surface area contributed by atoms with Crippen LogP contribution in [0.2, 0.25) is 0 Å². The third-order valence-corrected chi connectivity index (χ3v) is 4.82. The number of aryl methyl sites for hydroxylation is 2. The van der Waals surface area contributed by atoms with Crippen LogP contribution in [0.1, 0.15) is 25.7 Å². The first-order valence-electron chi connectivity index (χ1n) is 7.27. The molecular weight excluding hydrogens is 328 g/mol. The van der Waals surface area contributed by atoms with E-state index in [0.717, 1.165) is 15.9 Å². The molecule has 0 saturated heterocycles. The summed E-state index contributed by atoms with van der Waals surface area (Å²) in [6.07, 6.45) is 0. The number of benzene rings is 1. The Bertz CT molecular complexity index is 891.